The van der Waals surface area contributed by atoms with Crippen LogP contribution in [0.25, 0.3) is 6.08 Å². The Morgan fingerprint density at radius 1 is 1.17 bits per heavy atom. The number of ketones is 1. The standard InChI is InChI=1S/C21H13ClFNO5/c22-19-11-15(29-24-19)6-8-20(25)27-14-5-7-16-17(10-14)28-18(21(16)26)9-12-1-3-13(23)4-2-12/h1-5,7,9-11H,6,8H2/b18-9-. The van der Waals surface area contributed by atoms with Gasteiger partial charge < -0.3 is 14.0 Å². The molecule has 0 saturated heterocycles. The molecule has 2 aromatic carbocycles. The van der Waals surface area contributed by atoms with Gasteiger partial charge in [-0.2, -0.15) is 0 Å². The van der Waals surface area contributed by atoms with Crippen LogP contribution in [0.5, 0.6) is 11.5 Å². The fourth-order valence-electron chi connectivity index (χ4n) is 2.75. The van der Waals surface area contributed by atoms with Gasteiger partial charge in [0.2, 0.25) is 5.78 Å². The number of allylic oxidation sites excluding steroid dienone is 1. The predicted molar refractivity (Wildman–Crippen MR) is 101 cm³/mol. The van der Waals surface area contributed by atoms with E-state index >= 15 is 0 Å². The van der Waals surface area contributed by atoms with Crippen molar-refractivity contribution < 1.29 is 28.0 Å². The lowest BCUT2D eigenvalue weighted by Crippen LogP contribution is -2.08. The van der Waals surface area contributed by atoms with Crippen LogP contribution < -0.4 is 9.47 Å². The molecular formula is C21H13ClFNO5. The lowest BCUT2D eigenvalue weighted by atomic mass is 10.1. The molecule has 146 valence electrons. The smallest absolute Gasteiger partial charge is 0.311 e. The van der Waals surface area contributed by atoms with Crippen LogP contribution in [-0.2, 0) is 11.2 Å². The van der Waals surface area contributed by atoms with Gasteiger partial charge in [0, 0.05) is 18.6 Å². The van der Waals surface area contributed by atoms with E-state index in [9.17, 15) is 14.0 Å². The first-order valence-electron chi connectivity index (χ1n) is 8.63. The van der Waals surface area contributed by atoms with Gasteiger partial charge >= 0.3 is 5.97 Å². The number of aryl methyl sites for hydroxylation is 1. The third-order valence-corrected chi connectivity index (χ3v) is 4.32. The molecule has 1 aromatic heterocycles. The van der Waals surface area contributed by atoms with Crippen molar-refractivity contribution in [1.29, 1.82) is 0 Å². The summed E-state index contributed by atoms with van der Waals surface area (Å²) in [6.07, 6.45) is 1.89. The zero-order valence-corrected chi connectivity index (χ0v) is 15.6. The molecule has 29 heavy (non-hydrogen) atoms. The summed E-state index contributed by atoms with van der Waals surface area (Å²) in [6.45, 7) is 0. The number of carbonyl (C=O) groups excluding carboxylic acids is 2. The van der Waals surface area contributed by atoms with Gasteiger partial charge in [-0.3, -0.25) is 9.59 Å². The highest BCUT2D eigenvalue weighted by atomic mass is 35.5. The Morgan fingerprint density at radius 3 is 2.69 bits per heavy atom. The molecule has 0 fully saturated rings. The molecule has 0 aliphatic carbocycles. The second kappa shape index (κ2) is 7.89. The Bertz CT molecular complexity index is 1120. The first-order chi connectivity index (χ1) is 14.0. The number of ether oxygens (including phenoxy) is 2. The Kier molecular flexibility index (Phi) is 5.14. The Balaban J connectivity index is 1.43. The second-order valence-corrected chi connectivity index (χ2v) is 6.63. The van der Waals surface area contributed by atoms with E-state index in [1.165, 1.54) is 54.6 Å². The summed E-state index contributed by atoms with van der Waals surface area (Å²) in [4.78, 5) is 24.5. The number of halogens is 2. The van der Waals surface area contributed by atoms with Crippen LogP contribution in [0.1, 0.15) is 28.1 Å². The van der Waals surface area contributed by atoms with E-state index in [4.69, 9.17) is 25.6 Å². The van der Waals surface area contributed by atoms with Crippen LogP contribution in [-0.4, -0.2) is 16.9 Å². The minimum Gasteiger partial charge on any atom is -0.452 e. The van der Waals surface area contributed by atoms with E-state index in [1.54, 1.807) is 0 Å². The lowest BCUT2D eigenvalue weighted by molar-refractivity contribution is -0.134. The Morgan fingerprint density at radius 2 is 1.97 bits per heavy atom. The topological polar surface area (TPSA) is 78.6 Å². The molecule has 0 bridgehead atoms. The predicted octanol–water partition coefficient (Wildman–Crippen LogP) is 4.62. The number of hydrogen-bond donors (Lipinski definition) is 0. The SMILES string of the molecule is O=C(CCc1cc(Cl)no1)Oc1ccc2c(c1)O/C(=C\c1ccc(F)cc1)C2=O. The molecule has 2 heterocycles. The van der Waals surface area contributed by atoms with Crippen molar-refractivity contribution in [3.8, 4) is 11.5 Å². The number of hydrogen-bond acceptors (Lipinski definition) is 6. The molecule has 0 amide bonds. The van der Waals surface area contributed by atoms with E-state index < -0.39 is 5.97 Å². The number of carbonyl (C=O) groups is 2. The molecule has 4 rings (SSSR count). The summed E-state index contributed by atoms with van der Waals surface area (Å²) in [5.41, 5.74) is 0.983. The molecule has 0 unspecified atom stereocenters. The number of Topliss-reactive ketones (excluding diaryl/α,β-unsaturated/α-hetero) is 1. The third kappa shape index (κ3) is 4.35. The van der Waals surface area contributed by atoms with E-state index in [0.717, 1.165) is 0 Å². The van der Waals surface area contributed by atoms with Gasteiger partial charge in [-0.1, -0.05) is 28.9 Å². The van der Waals surface area contributed by atoms with E-state index in [-0.39, 0.29) is 40.4 Å². The maximum Gasteiger partial charge on any atom is 0.311 e. The molecule has 0 atom stereocenters. The number of esters is 1. The number of rotatable bonds is 5. The molecule has 1 aliphatic heterocycles. The Labute approximate surface area is 169 Å². The monoisotopic (exact) mass is 413 g/mol. The number of benzene rings is 2. The van der Waals surface area contributed by atoms with Crippen molar-refractivity contribution in [3.63, 3.8) is 0 Å². The van der Waals surface area contributed by atoms with Crippen LogP contribution in [0, 0.1) is 5.82 Å². The molecule has 0 N–H and O–H groups in total. The van der Waals surface area contributed by atoms with E-state index in [0.29, 0.717) is 23.3 Å². The van der Waals surface area contributed by atoms with Crippen LogP contribution >= 0.6 is 11.6 Å². The highest BCUT2D eigenvalue weighted by molar-refractivity contribution is 6.29. The fraction of sp³-hybridized carbons (Fsp3) is 0.0952. The molecule has 0 saturated carbocycles. The zero-order chi connectivity index (χ0) is 20.4. The summed E-state index contributed by atoms with van der Waals surface area (Å²) in [6, 6.07) is 11.7. The molecule has 0 spiro atoms. The first-order valence-corrected chi connectivity index (χ1v) is 9.01. The van der Waals surface area contributed by atoms with Crippen LogP contribution in [0.3, 0.4) is 0 Å². The maximum absolute atomic E-state index is 13.0. The quantitative estimate of drug-likeness (QED) is 0.345. The third-order valence-electron chi connectivity index (χ3n) is 4.15. The van der Waals surface area contributed by atoms with E-state index in [2.05, 4.69) is 5.16 Å². The second-order valence-electron chi connectivity index (χ2n) is 6.24. The molecular weight excluding hydrogens is 401 g/mol. The van der Waals surface area contributed by atoms with Gasteiger partial charge in [0.1, 0.15) is 23.1 Å². The summed E-state index contributed by atoms with van der Waals surface area (Å²) in [5, 5.41) is 3.75. The number of aromatic nitrogens is 1. The highest BCUT2D eigenvalue weighted by Gasteiger charge is 2.28. The van der Waals surface area contributed by atoms with Crippen LogP contribution in [0.2, 0.25) is 5.15 Å². The van der Waals surface area contributed by atoms with Gasteiger partial charge in [0.25, 0.3) is 0 Å². The largest absolute Gasteiger partial charge is 0.452 e. The lowest BCUT2D eigenvalue weighted by Gasteiger charge is -2.05. The number of nitrogens with zero attached hydrogens (tertiary/aromatic N) is 1. The van der Waals surface area contributed by atoms with Gasteiger partial charge in [0.05, 0.1) is 12.0 Å². The summed E-state index contributed by atoms with van der Waals surface area (Å²) in [5.74, 6) is -0.0289. The van der Waals surface area contributed by atoms with Crippen molar-refractivity contribution in [2.24, 2.45) is 0 Å². The molecule has 3 aromatic rings. The highest BCUT2D eigenvalue weighted by Crippen LogP contribution is 2.35. The van der Waals surface area contributed by atoms with Crippen LogP contribution in [0.4, 0.5) is 4.39 Å². The van der Waals surface area contributed by atoms with Gasteiger partial charge in [0.15, 0.2) is 10.9 Å². The summed E-state index contributed by atoms with van der Waals surface area (Å²) < 4.78 is 28.8. The Hall–Kier alpha value is -3.45. The van der Waals surface area contributed by atoms with Crippen molar-refractivity contribution in [2.75, 3.05) is 0 Å². The molecule has 0 radical (unpaired) electrons. The van der Waals surface area contributed by atoms with Gasteiger partial charge in [-0.05, 0) is 35.9 Å². The normalized spacial score (nSPS) is 14.0. The van der Waals surface area contributed by atoms with E-state index in [1.807, 2.05) is 0 Å². The zero-order valence-electron chi connectivity index (χ0n) is 14.9. The molecule has 8 heteroatoms. The van der Waals surface area contributed by atoms with Gasteiger partial charge in [-0.25, -0.2) is 4.39 Å². The van der Waals surface area contributed by atoms with Gasteiger partial charge in [-0.15, -0.1) is 0 Å². The van der Waals surface area contributed by atoms with Crippen molar-refractivity contribution >= 4 is 29.4 Å². The number of fused-ring (bicyclic) bond motifs is 1. The minimum atomic E-state index is -0.483. The summed E-state index contributed by atoms with van der Waals surface area (Å²) >= 11 is 5.66. The maximum atomic E-state index is 13.0. The van der Waals surface area contributed by atoms with Crippen LogP contribution in [0.15, 0.2) is 58.8 Å². The molecule has 6 nitrogen and oxygen atoms in total. The summed E-state index contributed by atoms with van der Waals surface area (Å²) in [7, 11) is 0. The molecule has 1 aliphatic rings. The first kappa shape index (κ1) is 18.9. The van der Waals surface area contributed by atoms with Crippen molar-refractivity contribution in [2.45, 2.75) is 12.8 Å². The van der Waals surface area contributed by atoms with Crippen molar-refractivity contribution in [1.82, 2.24) is 5.16 Å². The average Bonchev–Trinajstić information content (AvgIpc) is 3.25. The fourth-order valence-corrected chi connectivity index (χ4v) is 2.91. The van der Waals surface area contributed by atoms with Crippen molar-refractivity contribution in [3.05, 3.63) is 82.1 Å². The minimum absolute atomic E-state index is 0.0676. The average molecular weight is 414 g/mol.